The Kier molecular flexibility index (Phi) is 5.65. The molecule has 0 saturated carbocycles. The third kappa shape index (κ3) is 4.64. The van der Waals surface area contributed by atoms with E-state index in [-0.39, 0.29) is 11.9 Å². The molecule has 3 aromatic rings. The smallest absolute Gasteiger partial charge is 0.148 e. The van der Waals surface area contributed by atoms with E-state index >= 15 is 0 Å². The van der Waals surface area contributed by atoms with Gasteiger partial charge in [0, 0.05) is 18.8 Å². The number of rotatable bonds is 5. The van der Waals surface area contributed by atoms with E-state index in [2.05, 4.69) is 22.0 Å². The van der Waals surface area contributed by atoms with Crippen LogP contribution in [0.2, 0.25) is 0 Å². The highest BCUT2D eigenvalue weighted by atomic mass is 32.2. The second-order valence-electron chi connectivity index (χ2n) is 6.35. The molecule has 1 aliphatic heterocycles. The molecule has 27 heavy (non-hydrogen) atoms. The highest BCUT2D eigenvalue weighted by molar-refractivity contribution is 7.98. The molecule has 0 amide bonds. The Balaban J connectivity index is 1.44. The molecular formula is C21H20FN3OS. The van der Waals surface area contributed by atoms with Crippen molar-refractivity contribution in [3.63, 3.8) is 0 Å². The van der Waals surface area contributed by atoms with Gasteiger partial charge in [0.25, 0.3) is 0 Å². The molecule has 0 spiro atoms. The lowest BCUT2D eigenvalue weighted by Gasteiger charge is -2.33. The summed E-state index contributed by atoms with van der Waals surface area (Å²) >= 11 is 1.67. The topological polar surface area (TPSA) is 38.2 Å². The van der Waals surface area contributed by atoms with Crippen LogP contribution in [-0.4, -0.2) is 29.7 Å². The van der Waals surface area contributed by atoms with Crippen molar-refractivity contribution in [2.75, 3.05) is 24.6 Å². The molecule has 0 aliphatic carbocycles. The first-order valence-corrected chi connectivity index (χ1v) is 9.87. The summed E-state index contributed by atoms with van der Waals surface area (Å²) in [4.78, 5) is 11.3. The lowest BCUT2D eigenvalue weighted by atomic mass is 10.1. The third-order valence-electron chi connectivity index (χ3n) is 4.44. The summed E-state index contributed by atoms with van der Waals surface area (Å²) in [5.74, 6) is 1.44. The molecule has 0 bridgehead atoms. The molecule has 1 aromatic heterocycles. The normalized spacial score (nSPS) is 17.1. The zero-order chi connectivity index (χ0) is 18.5. The van der Waals surface area contributed by atoms with Crippen molar-refractivity contribution in [2.24, 2.45) is 0 Å². The van der Waals surface area contributed by atoms with E-state index in [4.69, 9.17) is 9.72 Å². The van der Waals surface area contributed by atoms with Gasteiger partial charge in [-0.15, -0.1) is 11.8 Å². The number of ether oxygens (including phenoxy) is 1. The van der Waals surface area contributed by atoms with Crippen LogP contribution < -0.4 is 4.90 Å². The number of anilines is 1. The molecule has 1 fully saturated rings. The second kappa shape index (κ2) is 8.50. The quantitative estimate of drug-likeness (QED) is 0.609. The molecule has 2 aromatic carbocycles. The first-order chi connectivity index (χ1) is 13.3. The average molecular weight is 381 g/mol. The van der Waals surface area contributed by atoms with Crippen LogP contribution in [0.1, 0.15) is 17.2 Å². The number of thioether (sulfide) groups is 1. The molecule has 1 unspecified atom stereocenters. The summed E-state index contributed by atoms with van der Waals surface area (Å²) in [6.07, 6.45) is 3.40. The minimum absolute atomic E-state index is 0.170. The van der Waals surface area contributed by atoms with E-state index in [1.165, 1.54) is 17.7 Å². The fourth-order valence-electron chi connectivity index (χ4n) is 3.06. The van der Waals surface area contributed by atoms with Crippen LogP contribution in [0, 0.1) is 5.82 Å². The Morgan fingerprint density at radius 1 is 1.11 bits per heavy atom. The zero-order valence-corrected chi connectivity index (χ0v) is 15.6. The van der Waals surface area contributed by atoms with Gasteiger partial charge in [-0.3, -0.25) is 4.98 Å². The minimum atomic E-state index is -0.243. The maximum Gasteiger partial charge on any atom is 0.148 e. The SMILES string of the molecule is Fc1cccc(C2CN(c3cncc(SCc4ccccc4)n3)CCO2)c1. The standard InChI is InChI=1S/C21H20FN3OS/c22-18-8-4-7-17(11-18)19-14-25(9-10-26-19)20-12-23-13-21(24-20)27-15-16-5-2-1-3-6-16/h1-8,11-13,19H,9-10,14-15H2. The van der Waals surface area contributed by atoms with Crippen LogP contribution >= 0.6 is 11.8 Å². The first kappa shape index (κ1) is 17.9. The van der Waals surface area contributed by atoms with E-state index in [0.29, 0.717) is 13.2 Å². The number of hydrogen-bond donors (Lipinski definition) is 0. The predicted molar refractivity (Wildman–Crippen MR) is 105 cm³/mol. The Morgan fingerprint density at radius 3 is 2.85 bits per heavy atom. The average Bonchev–Trinajstić information content (AvgIpc) is 2.73. The van der Waals surface area contributed by atoms with Crippen molar-refractivity contribution < 1.29 is 9.13 Å². The van der Waals surface area contributed by atoms with Crippen molar-refractivity contribution in [1.29, 1.82) is 0 Å². The van der Waals surface area contributed by atoms with Gasteiger partial charge in [0.15, 0.2) is 0 Å². The number of halogens is 1. The van der Waals surface area contributed by atoms with Crippen LogP contribution in [-0.2, 0) is 10.5 Å². The van der Waals surface area contributed by atoms with E-state index in [1.807, 2.05) is 24.3 Å². The van der Waals surface area contributed by atoms with E-state index in [0.717, 1.165) is 28.7 Å². The second-order valence-corrected chi connectivity index (χ2v) is 7.35. The van der Waals surface area contributed by atoms with E-state index < -0.39 is 0 Å². The van der Waals surface area contributed by atoms with Crippen molar-refractivity contribution in [3.8, 4) is 0 Å². The maximum atomic E-state index is 13.5. The molecule has 1 atom stereocenters. The number of benzene rings is 2. The predicted octanol–water partition coefficient (Wildman–Crippen LogP) is 4.49. The zero-order valence-electron chi connectivity index (χ0n) is 14.8. The lowest BCUT2D eigenvalue weighted by molar-refractivity contribution is 0.0393. The third-order valence-corrected chi connectivity index (χ3v) is 5.41. The number of morpholine rings is 1. The Labute approximate surface area is 162 Å². The monoisotopic (exact) mass is 381 g/mol. The van der Waals surface area contributed by atoms with E-state index in [9.17, 15) is 4.39 Å². The van der Waals surface area contributed by atoms with Crippen molar-refractivity contribution in [1.82, 2.24) is 9.97 Å². The first-order valence-electron chi connectivity index (χ1n) is 8.89. The van der Waals surface area contributed by atoms with Crippen molar-refractivity contribution in [3.05, 3.63) is 83.9 Å². The molecular weight excluding hydrogens is 361 g/mol. The van der Waals surface area contributed by atoms with Crippen LogP contribution in [0.4, 0.5) is 10.2 Å². The van der Waals surface area contributed by atoms with Crippen molar-refractivity contribution >= 4 is 17.6 Å². The molecule has 6 heteroatoms. The van der Waals surface area contributed by atoms with Crippen LogP contribution in [0.25, 0.3) is 0 Å². The summed E-state index contributed by atoms with van der Waals surface area (Å²) in [6.45, 7) is 1.95. The largest absolute Gasteiger partial charge is 0.370 e. The minimum Gasteiger partial charge on any atom is -0.370 e. The van der Waals surface area contributed by atoms with Crippen LogP contribution in [0.5, 0.6) is 0 Å². The lowest BCUT2D eigenvalue weighted by Crippen LogP contribution is -2.39. The number of aromatic nitrogens is 2. The highest BCUT2D eigenvalue weighted by Gasteiger charge is 2.23. The highest BCUT2D eigenvalue weighted by Crippen LogP contribution is 2.27. The van der Waals surface area contributed by atoms with Gasteiger partial charge in [-0.25, -0.2) is 9.37 Å². The number of hydrogen-bond acceptors (Lipinski definition) is 5. The van der Waals surface area contributed by atoms with Crippen LogP contribution in [0.15, 0.2) is 72.0 Å². The Hall–Kier alpha value is -2.44. The molecule has 0 N–H and O–H groups in total. The number of nitrogens with zero attached hydrogens (tertiary/aromatic N) is 3. The van der Waals surface area contributed by atoms with Gasteiger partial charge >= 0.3 is 0 Å². The Morgan fingerprint density at radius 2 is 2.00 bits per heavy atom. The van der Waals surface area contributed by atoms with Gasteiger partial charge in [0.05, 0.1) is 19.0 Å². The molecule has 1 aliphatic rings. The van der Waals surface area contributed by atoms with Crippen LogP contribution in [0.3, 0.4) is 0 Å². The van der Waals surface area contributed by atoms with Crippen molar-refractivity contribution in [2.45, 2.75) is 16.9 Å². The molecule has 0 radical (unpaired) electrons. The molecule has 2 heterocycles. The fourth-order valence-corrected chi connectivity index (χ4v) is 3.86. The summed E-state index contributed by atoms with van der Waals surface area (Å²) in [5.41, 5.74) is 2.11. The summed E-state index contributed by atoms with van der Waals surface area (Å²) in [7, 11) is 0. The molecule has 138 valence electrons. The fraction of sp³-hybridized carbons (Fsp3) is 0.238. The van der Waals surface area contributed by atoms with Gasteiger partial charge in [-0.05, 0) is 23.3 Å². The van der Waals surface area contributed by atoms with Gasteiger partial charge in [0.2, 0.25) is 0 Å². The van der Waals surface area contributed by atoms with Gasteiger partial charge in [-0.1, -0.05) is 42.5 Å². The summed E-state index contributed by atoms with van der Waals surface area (Å²) in [6, 6.07) is 16.9. The molecule has 4 nitrogen and oxygen atoms in total. The van der Waals surface area contributed by atoms with Gasteiger partial charge in [0.1, 0.15) is 22.8 Å². The summed E-state index contributed by atoms with van der Waals surface area (Å²) < 4.78 is 19.4. The molecule has 1 saturated heterocycles. The Bertz CT molecular complexity index is 893. The maximum absolute atomic E-state index is 13.5. The van der Waals surface area contributed by atoms with Gasteiger partial charge in [-0.2, -0.15) is 0 Å². The van der Waals surface area contributed by atoms with E-state index in [1.54, 1.807) is 30.2 Å². The van der Waals surface area contributed by atoms with Gasteiger partial charge < -0.3 is 9.64 Å². The molecule has 4 rings (SSSR count). The summed E-state index contributed by atoms with van der Waals surface area (Å²) in [5, 5.41) is 0.894.